The SMILES string of the molecule is CCC1C2(c3ccccc3)OC(=N)C1(C#N)C(C#N)(C#N)C(c1ccc(C#N)cc1)O2. The topological polar surface area (TPSA) is 137 Å². The fourth-order valence-electron chi connectivity index (χ4n) is 4.94. The van der Waals surface area contributed by atoms with Crippen molar-refractivity contribution in [2.75, 3.05) is 0 Å². The van der Waals surface area contributed by atoms with Crippen LogP contribution in [0, 0.1) is 67.5 Å². The van der Waals surface area contributed by atoms with Crippen LogP contribution in [0.15, 0.2) is 54.6 Å². The summed E-state index contributed by atoms with van der Waals surface area (Å²) < 4.78 is 12.5. The second kappa shape index (κ2) is 6.96. The van der Waals surface area contributed by atoms with E-state index >= 15 is 0 Å². The molecule has 31 heavy (non-hydrogen) atoms. The summed E-state index contributed by atoms with van der Waals surface area (Å²) in [6.45, 7) is 1.82. The van der Waals surface area contributed by atoms with Crippen LogP contribution >= 0.6 is 0 Å². The molecule has 0 aromatic heterocycles. The molecule has 2 aromatic rings. The zero-order chi connectivity index (χ0) is 22.3. The van der Waals surface area contributed by atoms with Crippen LogP contribution < -0.4 is 0 Å². The molecule has 0 amide bonds. The third kappa shape index (κ3) is 2.30. The van der Waals surface area contributed by atoms with Gasteiger partial charge in [-0.15, -0.1) is 0 Å². The van der Waals surface area contributed by atoms with Crippen molar-refractivity contribution >= 4 is 5.90 Å². The van der Waals surface area contributed by atoms with Gasteiger partial charge in [0.1, 0.15) is 6.10 Å². The Hall–Kier alpha value is -4.17. The number of hydrogen-bond donors (Lipinski definition) is 1. The Labute approximate surface area is 179 Å². The van der Waals surface area contributed by atoms with Gasteiger partial charge in [-0.3, -0.25) is 5.41 Å². The molecule has 2 heterocycles. The summed E-state index contributed by atoms with van der Waals surface area (Å²) in [4.78, 5) is 0. The second-order valence-electron chi connectivity index (χ2n) is 7.61. The molecule has 0 spiro atoms. The highest BCUT2D eigenvalue weighted by atomic mass is 16.7. The Morgan fingerprint density at radius 1 is 0.935 bits per heavy atom. The van der Waals surface area contributed by atoms with E-state index in [2.05, 4.69) is 6.07 Å². The summed E-state index contributed by atoms with van der Waals surface area (Å²) in [5.41, 5.74) is -2.40. The van der Waals surface area contributed by atoms with E-state index < -0.39 is 34.5 Å². The van der Waals surface area contributed by atoms with E-state index in [-0.39, 0.29) is 0 Å². The Balaban J connectivity index is 2.05. The van der Waals surface area contributed by atoms with E-state index in [0.717, 1.165) is 0 Å². The summed E-state index contributed by atoms with van der Waals surface area (Å²) >= 11 is 0. The highest BCUT2D eigenvalue weighted by Gasteiger charge is 2.80. The van der Waals surface area contributed by atoms with Crippen molar-refractivity contribution in [3.8, 4) is 24.3 Å². The summed E-state index contributed by atoms with van der Waals surface area (Å²) in [7, 11) is 0. The van der Waals surface area contributed by atoms with E-state index in [4.69, 9.17) is 20.1 Å². The van der Waals surface area contributed by atoms with Crippen LogP contribution in [0.5, 0.6) is 0 Å². The number of nitriles is 4. The van der Waals surface area contributed by atoms with Gasteiger partial charge in [-0.25, -0.2) is 0 Å². The molecule has 1 N–H and O–H groups in total. The molecular formula is C24H17N5O2. The molecule has 2 saturated heterocycles. The molecule has 4 rings (SSSR count). The first-order chi connectivity index (χ1) is 15.0. The Bertz CT molecular complexity index is 1200. The van der Waals surface area contributed by atoms with Crippen molar-refractivity contribution < 1.29 is 9.47 Å². The van der Waals surface area contributed by atoms with Gasteiger partial charge in [-0.05, 0) is 24.1 Å². The van der Waals surface area contributed by atoms with Gasteiger partial charge in [0.25, 0.3) is 0 Å². The largest absolute Gasteiger partial charge is 0.443 e. The van der Waals surface area contributed by atoms with Crippen LogP contribution in [-0.2, 0) is 15.3 Å². The van der Waals surface area contributed by atoms with Crippen LogP contribution in [0.2, 0.25) is 0 Å². The quantitative estimate of drug-likeness (QED) is 0.814. The van der Waals surface area contributed by atoms with Crippen LogP contribution in [0.25, 0.3) is 0 Å². The van der Waals surface area contributed by atoms with Crippen LogP contribution in [0.3, 0.4) is 0 Å². The average molecular weight is 407 g/mol. The van der Waals surface area contributed by atoms with Gasteiger partial charge in [0.2, 0.25) is 17.1 Å². The minimum absolute atomic E-state index is 0.343. The van der Waals surface area contributed by atoms with E-state index in [9.17, 15) is 15.8 Å². The Kier molecular flexibility index (Phi) is 4.52. The molecule has 7 heteroatoms. The maximum Gasteiger partial charge on any atom is 0.244 e. The van der Waals surface area contributed by atoms with Crippen molar-refractivity contribution in [2.24, 2.45) is 16.7 Å². The number of benzene rings is 2. The van der Waals surface area contributed by atoms with Gasteiger partial charge in [0.15, 0.2) is 5.41 Å². The molecule has 2 aliphatic rings. The molecule has 0 aliphatic carbocycles. The normalized spacial score (nSPS) is 30.2. The molecule has 4 atom stereocenters. The van der Waals surface area contributed by atoms with Crippen LogP contribution in [0.1, 0.15) is 36.1 Å². The highest BCUT2D eigenvalue weighted by Crippen LogP contribution is 2.69. The summed E-state index contributed by atoms with van der Waals surface area (Å²) in [5, 5.41) is 48.7. The predicted octanol–water partition coefficient (Wildman–Crippen LogP) is 4.06. The van der Waals surface area contributed by atoms with Gasteiger partial charge in [0.05, 0.1) is 35.8 Å². The van der Waals surface area contributed by atoms with Crippen molar-refractivity contribution in [3.63, 3.8) is 0 Å². The summed E-state index contributed by atoms with van der Waals surface area (Å²) in [5.74, 6) is -2.70. The Morgan fingerprint density at radius 3 is 2.10 bits per heavy atom. The first-order valence-corrected chi connectivity index (χ1v) is 9.74. The van der Waals surface area contributed by atoms with Gasteiger partial charge < -0.3 is 9.47 Å². The lowest BCUT2D eigenvalue weighted by molar-refractivity contribution is -0.292. The van der Waals surface area contributed by atoms with E-state index in [1.54, 1.807) is 48.5 Å². The molecule has 2 aliphatic heterocycles. The molecule has 2 aromatic carbocycles. The third-order valence-corrected chi connectivity index (χ3v) is 6.36. The minimum Gasteiger partial charge on any atom is -0.443 e. The lowest BCUT2D eigenvalue weighted by Crippen LogP contribution is -2.58. The number of nitrogens with zero attached hydrogens (tertiary/aromatic N) is 4. The average Bonchev–Trinajstić information content (AvgIpc) is 3.03. The predicted molar refractivity (Wildman–Crippen MR) is 107 cm³/mol. The molecule has 2 fully saturated rings. The molecule has 7 nitrogen and oxygen atoms in total. The molecule has 0 radical (unpaired) electrons. The number of rotatable bonds is 3. The van der Waals surface area contributed by atoms with Gasteiger partial charge in [0, 0.05) is 5.56 Å². The molecular weight excluding hydrogens is 390 g/mol. The zero-order valence-electron chi connectivity index (χ0n) is 16.7. The van der Waals surface area contributed by atoms with E-state index in [0.29, 0.717) is 23.1 Å². The number of hydrogen-bond acceptors (Lipinski definition) is 7. The maximum absolute atomic E-state index is 10.4. The van der Waals surface area contributed by atoms with Crippen LogP contribution in [0.4, 0.5) is 0 Å². The molecule has 2 bridgehead atoms. The summed E-state index contributed by atoms with van der Waals surface area (Å²) in [6, 6.07) is 23.6. The lowest BCUT2D eigenvalue weighted by atomic mass is 9.52. The smallest absolute Gasteiger partial charge is 0.244 e. The number of nitrogens with one attached hydrogen (secondary N) is 1. The molecule has 0 saturated carbocycles. The zero-order valence-corrected chi connectivity index (χ0v) is 16.7. The fourth-order valence-corrected chi connectivity index (χ4v) is 4.94. The van der Waals surface area contributed by atoms with Gasteiger partial charge in [-0.2, -0.15) is 21.0 Å². The monoisotopic (exact) mass is 407 g/mol. The van der Waals surface area contributed by atoms with Gasteiger partial charge >= 0.3 is 0 Å². The Morgan fingerprint density at radius 2 is 1.58 bits per heavy atom. The molecule has 4 unspecified atom stereocenters. The number of ether oxygens (including phenoxy) is 2. The van der Waals surface area contributed by atoms with Crippen LogP contribution in [-0.4, -0.2) is 5.90 Å². The lowest BCUT2D eigenvalue weighted by Gasteiger charge is -2.49. The number of fused-ring (bicyclic) bond motifs is 2. The third-order valence-electron chi connectivity index (χ3n) is 6.36. The van der Waals surface area contributed by atoms with Gasteiger partial charge in [-0.1, -0.05) is 49.4 Å². The highest BCUT2D eigenvalue weighted by molar-refractivity contribution is 5.89. The van der Waals surface area contributed by atoms with Crippen molar-refractivity contribution in [3.05, 3.63) is 71.3 Å². The minimum atomic E-state index is -2.03. The second-order valence-corrected chi connectivity index (χ2v) is 7.61. The fraction of sp³-hybridized carbons (Fsp3) is 0.292. The maximum atomic E-state index is 10.4. The van der Waals surface area contributed by atoms with Crippen molar-refractivity contribution in [1.29, 1.82) is 26.5 Å². The standard InChI is InChI=1S/C24H17N5O2/c1-2-19-23(15-28)21(29)31-24(19,18-6-4-3-5-7-18)30-20(22(23,13-26)14-27)17-10-8-16(12-25)9-11-17/h3-11,19-20,29H,2H2,1H3. The van der Waals surface area contributed by atoms with Crippen molar-refractivity contribution in [2.45, 2.75) is 25.2 Å². The van der Waals surface area contributed by atoms with E-state index in [1.165, 1.54) is 0 Å². The summed E-state index contributed by atoms with van der Waals surface area (Å²) in [6.07, 6.45) is -0.837. The molecule has 150 valence electrons. The first-order valence-electron chi connectivity index (χ1n) is 9.74. The van der Waals surface area contributed by atoms with Crippen molar-refractivity contribution in [1.82, 2.24) is 0 Å². The van der Waals surface area contributed by atoms with E-state index in [1.807, 2.05) is 31.2 Å². The first kappa shape index (κ1) is 20.1.